The SMILES string of the molecule is CCOc1ccc(C2/C(=C(\O)c3cc(F)ccc3OC)C(=O)C(=O)N2CCOC(C)C)cc1. The third kappa shape index (κ3) is 5.17. The summed E-state index contributed by atoms with van der Waals surface area (Å²) in [4.78, 5) is 27.4. The molecular formula is C25H28FNO6. The van der Waals surface area contributed by atoms with Gasteiger partial charge in [0, 0.05) is 6.54 Å². The van der Waals surface area contributed by atoms with Gasteiger partial charge in [0.2, 0.25) is 0 Å². The van der Waals surface area contributed by atoms with Crippen LogP contribution in [0.1, 0.15) is 37.9 Å². The van der Waals surface area contributed by atoms with Crippen molar-refractivity contribution in [3.8, 4) is 11.5 Å². The number of aliphatic hydroxyl groups is 1. The van der Waals surface area contributed by atoms with Crippen LogP contribution in [0.3, 0.4) is 0 Å². The molecule has 0 spiro atoms. The molecule has 8 heteroatoms. The smallest absolute Gasteiger partial charge is 0.295 e. The van der Waals surface area contributed by atoms with Gasteiger partial charge in [-0.15, -0.1) is 0 Å². The zero-order valence-corrected chi connectivity index (χ0v) is 19.1. The van der Waals surface area contributed by atoms with Crippen molar-refractivity contribution in [1.82, 2.24) is 4.90 Å². The molecule has 1 amide bonds. The summed E-state index contributed by atoms with van der Waals surface area (Å²) in [6, 6.07) is 9.63. The summed E-state index contributed by atoms with van der Waals surface area (Å²) >= 11 is 0. The summed E-state index contributed by atoms with van der Waals surface area (Å²) in [5.74, 6) is -1.94. The van der Waals surface area contributed by atoms with E-state index in [2.05, 4.69) is 0 Å². The quantitative estimate of drug-likeness (QED) is 0.347. The standard InChI is InChI=1S/C25H28FNO6/c1-5-32-18-9-6-16(7-10-18)22-21(23(28)19-14-17(26)8-11-20(19)31-4)24(29)25(30)27(22)12-13-33-15(2)3/h6-11,14-15,22,28H,5,12-13H2,1-4H3/b23-21+. The first kappa shape index (κ1) is 24.3. The zero-order chi connectivity index (χ0) is 24.1. The summed E-state index contributed by atoms with van der Waals surface area (Å²) < 4.78 is 30.3. The molecule has 1 fully saturated rings. The topological polar surface area (TPSA) is 85.3 Å². The maximum Gasteiger partial charge on any atom is 0.295 e. The number of ketones is 1. The minimum Gasteiger partial charge on any atom is -0.507 e. The maximum absolute atomic E-state index is 14.0. The van der Waals surface area contributed by atoms with Gasteiger partial charge in [-0.3, -0.25) is 9.59 Å². The number of ether oxygens (including phenoxy) is 3. The predicted molar refractivity (Wildman–Crippen MR) is 121 cm³/mol. The van der Waals surface area contributed by atoms with E-state index < -0.39 is 29.3 Å². The highest BCUT2D eigenvalue weighted by Gasteiger charge is 2.46. The highest BCUT2D eigenvalue weighted by Crippen LogP contribution is 2.41. The van der Waals surface area contributed by atoms with E-state index in [1.165, 1.54) is 24.1 Å². The molecule has 1 atom stereocenters. The van der Waals surface area contributed by atoms with Crippen LogP contribution in [0, 0.1) is 5.82 Å². The van der Waals surface area contributed by atoms with E-state index >= 15 is 0 Å². The number of hydrogen-bond acceptors (Lipinski definition) is 6. The van der Waals surface area contributed by atoms with Gasteiger partial charge in [-0.25, -0.2) is 4.39 Å². The Balaban J connectivity index is 2.13. The van der Waals surface area contributed by atoms with E-state index in [1.54, 1.807) is 24.3 Å². The first-order chi connectivity index (χ1) is 15.8. The van der Waals surface area contributed by atoms with Crippen LogP contribution in [0.5, 0.6) is 11.5 Å². The second kappa shape index (κ2) is 10.5. The third-order valence-corrected chi connectivity index (χ3v) is 5.25. The van der Waals surface area contributed by atoms with Crippen molar-refractivity contribution in [1.29, 1.82) is 0 Å². The number of rotatable bonds is 9. The number of methoxy groups -OCH3 is 1. The van der Waals surface area contributed by atoms with Crippen LogP contribution in [-0.2, 0) is 14.3 Å². The monoisotopic (exact) mass is 457 g/mol. The first-order valence-corrected chi connectivity index (χ1v) is 10.7. The molecule has 176 valence electrons. The Hall–Kier alpha value is -3.39. The van der Waals surface area contributed by atoms with Gasteiger partial charge in [0.25, 0.3) is 11.7 Å². The van der Waals surface area contributed by atoms with E-state index in [0.29, 0.717) is 17.9 Å². The number of carbonyl (C=O) groups excluding carboxylic acids is 2. The third-order valence-electron chi connectivity index (χ3n) is 5.25. The number of amides is 1. The predicted octanol–water partition coefficient (Wildman–Crippen LogP) is 4.08. The highest BCUT2D eigenvalue weighted by molar-refractivity contribution is 6.46. The van der Waals surface area contributed by atoms with Gasteiger partial charge < -0.3 is 24.2 Å². The molecule has 7 nitrogen and oxygen atoms in total. The van der Waals surface area contributed by atoms with E-state index in [0.717, 1.165) is 6.07 Å². The first-order valence-electron chi connectivity index (χ1n) is 10.7. The molecule has 0 aliphatic carbocycles. The van der Waals surface area contributed by atoms with E-state index in [9.17, 15) is 19.1 Å². The Morgan fingerprint density at radius 2 is 1.85 bits per heavy atom. The Morgan fingerprint density at radius 1 is 1.15 bits per heavy atom. The number of aliphatic hydroxyl groups excluding tert-OH is 1. The Morgan fingerprint density at radius 3 is 2.45 bits per heavy atom. The normalized spacial score (nSPS) is 17.6. The molecule has 2 aromatic carbocycles. The van der Waals surface area contributed by atoms with Gasteiger partial charge in [0.1, 0.15) is 23.1 Å². The number of carbonyl (C=O) groups is 2. The number of Topliss-reactive ketones (excluding diaryl/α,β-unsaturated/α-hetero) is 1. The molecule has 0 saturated carbocycles. The van der Waals surface area contributed by atoms with Crippen molar-refractivity contribution >= 4 is 17.4 Å². The van der Waals surface area contributed by atoms with Crippen LogP contribution in [-0.4, -0.2) is 54.7 Å². The fourth-order valence-electron chi connectivity index (χ4n) is 3.77. The molecule has 3 rings (SSSR count). The Bertz CT molecular complexity index is 1050. The molecular weight excluding hydrogens is 429 g/mol. The van der Waals surface area contributed by atoms with Crippen molar-refractivity contribution in [2.45, 2.75) is 32.9 Å². The lowest BCUT2D eigenvalue weighted by Gasteiger charge is -2.26. The van der Waals surface area contributed by atoms with E-state index in [-0.39, 0.29) is 36.1 Å². The van der Waals surface area contributed by atoms with Crippen molar-refractivity contribution < 1.29 is 33.3 Å². The maximum atomic E-state index is 14.0. The van der Waals surface area contributed by atoms with Gasteiger partial charge in [-0.2, -0.15) is 0 Å². The van der Waals surface area contributed by atoms with Crippen LogP contribution in [0.25, 0.3) is 5.76 Å². The second-order valence-electron chi connectivity index (χ2n) is 7.76. The molecule has 0 radical (unpaired) electrons. The summed E-state index contributed by atoms with van der Waals surface area (Å²) in [6.45, 7) is 6.44. The van der Waals surface area contributed by atoms with Crippen molar-refractivity contribution in [2.75, 3.05) is 26.9 Å². The minimum atomic E-state index is -0.885. The second-order valence-corrected chi connectivity index (χ2v) is 7.76. The molecule has 1 aliphatic heterocycles. The summed E-state index contributed by atoms with van der Waals surface area (Å²) in [5.41, 5.74) is 0.446. The molecule has 0 bridgehead atoms. The van der Waals surface area contributed by atoms with E-state index in [1.807, 2.05) is 20.8 Å². The molecule has 2 aromatic rings. The van der Waals surface area contributed by atoms with Gasteiger partial charge in [0.15, 0.2) is 0 Å². The van der Waals surface area contributed by atoms with Gasteiger partial charge in [-0.05, 0) is 56.7 Å². The minimum absolute atomic E-state index is 0.00938. The lowest BCUT2D eigenvalue weighted by molar-refractivity contribution is -0.140. The molecule has 1 unspecified atom stereocenters. The number of benzene rings is 2. The molecule has 1 aliphatic rings. The van der Waals surface area contributed by atoms with Crippen molar-refractivity contribution in [2.24, 2.45) is 0 Å². The van der Waals surface area contributed by atoms with Crippen LogP contribution in [0.4, 0.5) is 4.39 Å². The van der Waals surface area contributed by atoms with Gasteiger partial charge >= 0.3 is 0 Å². The molecule has 1 heterocycles. The lowest BCUT2D eigenvalue weighted by Crippen LogP contribution is -2.33. The van der Waals surface area contributed by atoms with Crippen LogP contribution >= 0.6 is 0 Å². The number of halogens is 1. The number of nitrogens with zero attached hydrogens (tertiary/aromatic N) is 1. The van der Waals surface area contributed by atoms with Gasteiger partial charge in [-0.1, -0.05) is 12.1 Å². The summed E-state index contributed by atoms with van der Waals surface area (Å²) in [6.07, 6.45) is -0.0534. The fourth-order valence-corrected chi connectivity index (χ4v) is 3.77. The lowest BCUT2D eigenvalue weighted by atomic mass is 9.95. The Kier molecular flexibility index (Phi) is 7.71. The largest absolute Gasteiger partial charge is 0.507 e. The average Bonchev–Trinajstić information content (AvgIpc) is 3.04. The summed E-state index contributed by atoms with van der Waals surface area (Å²) in [5, 5.41) is 11.1. The van der Waals surface area contributed by atoms with E-state index in [4.69, 9.17) is 14.2 Å². The van der Waals surface area contributed by atoms with Crippen molar-refractivity contribution in [3.05, 3.63) is 65.0 Å². The van der Waals surface area contributed by atoms with Crippen LogP contribution in [0.15, 0.2) is 48.0 Å². The molecule has 1 N–H and O–H groups in total. The highest BCUT2D eigenvalue weighted by atomic mass is 19.1. The van der Waals surface area contributed by atoms with Crippen LogP contribution < -0.4 is 9.47 Å². The summed E-state index contributed by atoms with van der Waals surface area (Å²) in [7, 11) is 1.37. The molecule has 0 aromatic heterocycles. The zero-order valence-electron chi connectivity index (χ0n) is 19.1. The number of likely N-dealkylation sites (tertiary alicyclic amines) is 1. The fraction of sp³-hybridized carbons (Fsp3) is 0.360. The van der Waals surface area contributed by atoms with Crippen molar-refractivity contribution in [3.63, 3.8) is 0 Å². The average molecular weight is 457 g/mol. The molecule has 1 saturated heterocycles. The number of hydrogen-bond donors (Lipinski definition) is 1. The van der Waals surface area contributed by atoms with Gasteiger partial charge in [0.05, 0.1) is 43.6 Å². The Labute approximate surface area is 192 Å². The molecule has 33 heavy (non-hydrogen) atoms. The van der Waals surface area contributed by atoms with Crippen LogP contribution in [0.2, 0.25) is 0 Å².